The van der Waals surface area contributed by atoms with Gasteiger partial charge in [0.25, 0.3) is 0 Å². The van der Waals surface area contributed by atoms with E-state index in [0.29, 0.717) is 12.1 Å². The summed E-state index contributed by atoms with van der Waals surface area (Å²) in [6, 6.07) is 8.91. The van der Waals surface area contributed by atoms with E-state index in [-0.39, 0.29) is 5.56 Å². The number of benzene rings is 1. The molecule has 0 unspecified atom stereocenters. The number of furan rings is 1. The van der Waals surface area contributed by atoms with E-state index in [1.807, 2.05) is 26.0 Å². The zero-order chi connectivity index (χ0) is 15.0. The number of rotatable bonds is 4. The van der Waals surface area contributed by atoms with Crippen molar-refractivity contribution in [3.8, 4) is 0 Å². The molecule has 1 aromatic carbocycles. The van der Waals surface area contributed by atoms with Gasteiger partial charge >= 0.3 is 5.97 Å². The number of aromatic carboxylic acids is 1. The Morgan fingerprint density at radius 2 is 2.14 bits per heavy atom. The number of hydrogen-bond acceptors (Lipinski definition) is 3. The third-order valence-corrected chi connectivity index (χ3v) is 3.50. The predicted octanol–water partition coefficient (Wildman–Crippen LogP) is 3.25. The number of hydrogen-bond donors (Lipinski definition) is 1. The highest BCUT2D eigenvalue weighted by molar-refractivity contribution is 5.92. The van der Waals surface area contributed by atoms with Gasteiger partial charge in [-0.1, -0.05) is 6.92 Å². The van der Waals surface area contributed by atoms with Gasteiger partial charge in [-0.05, 0) is 37.3 Å². The van der Waals surface area contributed by atoms with Gasteiger partial charge in [0.1, 0.15) is 17.3 Å². The summed E-state index contributed by atoms with van der Waals surface area (Å²) in [7, 11) is 0. The average Bonchev–Trinajstić information content (AvgIpc) is 3.02. The van der Waals surface area contributed by atoms with Gasteiger partial charge in [-0.15, -0.1) is 0 Å². The Morgan fingerprint density at radius 3 is 2.76 bits per heavy atom. The minimum atomic E-state index is -0.939. The van der Waals surface area contributed by atoms with Crippen LogP contribution in [0.3, 0.4) is 0 Å². The van der Waals surface area contributed by atoms with Crippen LogP contribution in [0.1, 0.15) is 34.6 Å². The molecule has 0 saturated carbocycles. The third-order valence-electron chi connectivity index (χ3n) is 3.50. The lowest BCUT2D eigenvalue weighted by Gasteiger charge is -2.06. The smallest absolute Gasteiger partial charge is 0.335 e. The van der Waals surface area contributed by atoms with Crippen molar-refractivity contribution in [3.63, 3.8) is 0 Å². The second-order valence-electron chi connectivity index (χ2n) is 4.99. The molecule has 2 heterocycles. The van der Waals surface area contributed by atoms with Crippen LogP contribution >= 0.6 is 0 Å². The quantitative estimate of drug-likeness (QED) is 0.798. The van der Waals surface area contributed by atoms with Gasteiger partial charge in [-0.25, -0.2) is 9.78 Å². The van der Waals surface area contributed by atoms with E-state index >= 15 is 0 Å². The van der Waals surface area contributed by atoms with Gasteiger partial charge in [0.2, 0.25) is 0 Å². The number of carboxylic acid groups (broad SMARTS) is 1. The molecule has 0 bridgehead atoms. The highest BCUT2D eigenvalue weighted by Gasteiger charge is 2.13. The summed E-state index contributed by atoms with van der Waals surface area (Å²) in [5.74, 6) is 1.72. The summed E-state index contributed by atoms with van der Waals surface area (Å²) in [6.07, 6.45) is 0.775. The molecule has 0 amide bonds. The van der Waals surface area contributed by atoms with Crippen molar-refractivity contribution >= 4 is 17.0 Å². The number of nitrogens with zero attached hydrogens (tertiary/aromatic N) is 2. The van der Waals surface area contributed by atoms with Crippen LogP contribution < -0.4 is 0 Å². The van der Waals surface area contributed by atoms with Crippen LogP contribution in [0.15, 0.2) is 34.7 Å². The van der Waals surface area contributed by atoms with E-state index in [0.717, 1.165) is 29.3 Å². The van der Waals surface area contributed by atoms with Crippen LogP contribution in [0.4, 0.5) is 0 Å². The third kappa shape index (κ3) is 2.42. The molecular formula is C16H16N2O3. The molecule has 0 aliphatic carbocycles. The summed E-state index contributed by atoms with van der Waals surface area (Å²) in [5.41, 5.74) is 1.88. The number of carbonyl (C=O) groups is 1. The largest absolute Gasteiger partial charge is 0.478 e. The van der Waals surface area contributed by atoms with Crippen LogP contribution in [-0.2, 0) is 13.0 Å². The standard InChI is InChI=1S/C16H16N2O3/c1-3-15-17-13-8-11(16(19)20)5-7-14(13)18(15)9-12-6-4-10(2)21-12/h4-8H,3,9H2,1-2H3,(H,19,20). The van der Waals surface area contributed by atoms with Gasteiger partial charge < -0.3 is 14.1 Å². The van der Waals surface area contributed by atoms with Crippen molar-refractivity contribution < 1.29 is 14.3 Å². The highest BCUT2D eigenvalue weighted by Crippen LogP contribution is 2.21. The Bertz CT molecular complexity index is 814. The molecule has 5 nitrogen and oxygen atoms in total. The van der Waals surface area contributed by atoms with Crippen molar-refractivity contribution in [3.05, 3.63) is 53.2 Å². The Hall–Kier alpha value is -2.56. The Kier molecular flexibility index (Phi) is 3.25. The van der Waals surface area contributed by atoms with E-state index in [1.54, 1.807) is 18.2 Å². The lowest BCUT2D eigenvalue weighted by atomic mass is 10.2. The van der Waals surface area contributed by atoms with Crippen LogP contribution in [0, 0.1) is 6.92 Å². The average molecular weight is 284 g/mol. The van der Waals surface area contributed by atoms with Gasteiger partial charge in [0.15, 0.2) is 0 Å². The van der Waals surface area contributed by atoms with Gasteiger partial charge in [-0.2, -0.15) is 0 Å². The van der Waals surface area contributed by atoms with Gasteiger partial charge in [0.05, 0.1) is 23.1 Å². The molecule has 108 valence electrons. The zero-order valence-corrected chi connectivity index (χ0v) is 12.0. The Balaban J connectivity index is 2.09. The first-order chi connectivity index (χ1) is 10.1. The fraction of sp³-hybridized carbons (Fsp3) is 0.250. The summed E-state index contributed by atoms with van der Waals surface area (Å²) in [5, 5.41) is 9.07. The first kappa shape index (κ1) is 13.4. The molecule has 1 N–H and O–H groups in total. The molecule has 21 heavy (non-hydrogen) atoms. The first-order valence-electron chi connectivity index (χ1n) is 6.86. The van der Waals surface area contributed by atoms with E-state index in [2.05, 4.69) is 9.55 Å². The minimum Gasteiger partial charge on any atom is -0.478 e. The molecule has 0 radical (unpaired) electrons. The number of carboxylic acids is 1. The summed E-state index contributed by atoms with van der Waals surface area (Å²) < 4.78 is 7.69. The monoisotopic (exact) mass is 284 g/mol. The topological polar surface area (TPSA) is 68.3 Å². The fourth-order valence-electron chi connectivity index (χ4n) is 2.48. The predicted molar refractivity (Wildman–Crippen MR) is 78.6 cm³/mol. The van der Waals surface area contributed by atoms with Crippen LogP contribution in [0.5, 0.6) is 0 Å². The van der Waals surface area contributed by atoms with Crippen LogP contribution in [0.25, 0.3) is 11.0 Å². The minimum absolute atomic E-state index is 0.253. The maximum Gasteiger partial charge on any atom is 0.335 e. The van der Waals surface area contributed by atoms with E-state index in [4.69, 9.17) is 9.52 Å². The molecular weight excluding hydrogens is 268 g/mol. The van der Waals surface area contributed by atoms with Crippen LogP contribution in [0.2, 0.25) is 0 Å². The zero-order valence-electron chi connectivity index (χ0n) is 12.0. The first-order valence-corrected chi connectivity index (χ1v) is 6.86. The second kappa shape index (κ2) is 5.09. The lowest BCUT2D eigenvalue weighted by Crippen LogP contribution is -2.03. The normalized spacial score (nSPS) is 11.1. The van der Waals surface area contributed by atoms with Crippen molar-refractivity contribution in [2.45, 2.75) is 26.8 Å². The number of imidazole rings is 1. The molecule has 0 aliphatic rings. The number of aryl methyl sites for hydroxylation is 2. The molecule has 2 aromatic heterocycles. The summed E-state index contributed by atoms with van der Waals surface area (Å²) in [6.45, 7) is 4.54. The van der Waals surface area contributed by atoms with Gasteiger partial charge in [-0.3, -0.25) is 0 Å². The van der Waals surface area contributed by atoms with E-state index < -0.39 is 5.97 Å². The van der Waals surface area contributed by atoms with Crippen molar-refractivity contribution in [1.82, 2.24) is 9.55 Å². The molecule has 5 heteroatoms. The molecule has 0 saturated heterocycles. The van der Waals surface area contributed by atoms with E-state index in [1.165, 1.54) is 0 Å². The van der Waals surface area contributed by atoms with Crippen LogP contribution in [-0.4, -0.2) is 20.6 Å². The molecule has 3 rings (SSSR count). The maximum atomic E-state index is 11.1. The maximum absolute atomic E-state index is 11.1. The summed E-state index contributed by atoms with van der Waals surface area (Å²) >= 11 is 0. The number of aromatic nitrogens is 2. The van der Waals surface area contributed by atoms with Crippen molar-refractivity contribution in [2.24, 2.45) is 0 Å². The lowest BCUT2D eigenvalue weighted by molar-refractivity contribution is 0.0697. The second-order valence-corrected chi connectivity index (χ2v) is 4.99. The highest BCUT2D eigenvalue weighted by atomic mass is 16.4. The van der Waals surface area contributed by atoms with Crippen molar-refractivity contribution in [1.29, 1.82) is 0 Å². The molecule has 0 fully saturated rings. The number of fused-ring (bicyclic) bond motifs is 1. The molecule has 0 aliphatic heterocycles. The van der Waals surface area contributed by atoms with Gasteiger partial charge in [0, 0.05) is 6.42 Å². The molecule has 0 atom stereocenters. The fourth-order valence-corrected chi connectivity index (χ4v) is 2.48. The SMILES string of the molecule is CCc1nc2cc(C(=O)O)ccc2n1Cc1ccc(C)o1. The molecule has 3 aromatic rings. The van der Waals surface area contributed by atoms with E-state index in [9.17, 15) is 4.79 Å². The summed E-state index contributed by atoms with van der Waals surface area (Å²) in [4.78, 5) is 15.6. The molecule has 0 spiro atoms. The Morgan fingerprint density at radius 1 is 1.33 bits per heavy atom. The Labute approximate surface area is 121 Å². The van der Waals surface area contributed by atoms with Crippen molar-refractivity contribution in [2.75, 3.05) is 0 Å².